The third-order valence-corrected chi connectivity index (χ3v) is 3.12. The van der Waals surface area contributed by atoms with Crippen LogP contribution < -0.4 is 5.73 Å². The van der Waals surface area contributed by atoms with Gasteiger partial charge in [0.2, 0.25) is 0 Å². The number of aromatic nitrogens is 2. The van der Waals surface area contributed by atoms with E-state index in [2.05, 4.69) is 10.2 Å². The van der Waals surface area contributed by atoms with Crippen LogP contribution >= 0.6 is 0 Å². The second-order valence-electron chi connectivity index (χ2n) is 4.67. The Kier molecular flexibility index (Phi) is 3.55. The maximum atomic E-state index is 10.7. The van der Waals surface area contributed by atoms with Gasteiger partial charge in [-0.2, -0.15) is 5.10 Å². The molecule has 0 spiro atoms. The first-order valence-electron chi connectivity index (χ1n) is 6.11. The molecule has 1 aromatic heterocycles. The first-order chi connectivity index (χ1) is 8.99. The van der Waals surface area contributed by atoms with Crippen LogP contribution in [-0.4, -0.2) is 21.3 Å². The largest absolute Gasteiger partial charge is 0.481 e. The molecule has 0 saturated heterocycles. The number of aryl methyl sites for hydroxylation is 3. The van der Waals surface area contributed by atoms with Gasteiger partial charge in [-0.15, -0.1) is 0 Å². The second kappa shape index (κ2) is 5.14. The zero-order valence-electron chi connectivity index (χ0n) is 11.0. The van der Waals surface area contributed by atoms with Crippen molar-refractivity contribution in [2.45, 2.75) is 26.7 Å². The van der Waals surface area contributed by atoms with Crippen LogP contribution in [0.3, 0.4) is 0 Å². The van der Waals surface area contributed by atoms with Crippen LogP contribution in [0.15, 0.2) is 18.2 Å². The molecule has 0 aliphatic rings. The quantitative estimate of drug-likeness (QED) is 0.785. The van der Waals surface area contributed by atoms with Crippen molar-refractivity contribution < 1.29 is 9.90 Å². The monoisotopic (exact) mass is 259 g/mol. The van der Waals surface area contributed by atoms with Gasteiger partial charge in [-0.1, -0.05) is 23.8 Å². The molecule has 0 aliphatic carbocycles. The van der Waals surface area contributed by atoms with E-state index < -0.39 is 5.97 Å². The Balaban J connectivity index is 2.46. The van der Waals surface area contributed by atoms with Gasteiger partial charge in [0.05, 0.1) is 6.42 Å². The molecule has 0 saturated carbocycles. The van der Waals surface area contributed by atoms with Gasteiger partial charge in [-0.05, 0) is 25.0 Å². The Morgan fingerprint density at radius 1 is 1.42 bits per heavy atom. The summed E-state index contributed by atoms with van der Waals surface area (Å²) in [5.41, 5.74) is 10.7. The SMILES string of the molecule is Cc1ccc(C)c(-c2c(N)n[nH]c2CCC(=O)O)c1. The number of hydrogen-bond donors (Lipinski definition) is 3. The van der Waals surface area contributed by atoms with Gasteiger partial charge in [-0.3, -0.25) is 9.89 Å². The van der Waals surface area contributed by atoms with E-state index in [1.54, 1.807) is 0 Å². The van der Waals surface area contributed by atoms with Crippen LogP contribution in [0.1, 0.15) is 23.2 Å². The minimum atomic E-state index is -0.833. The number of nitrogens with two attached hydrogens (primary N) is 1. The van der Waals surface area contributed by atoms with Gasteiger partial charge in [0, 0.05) is 17.7 Å². The van der Waals surface area contributed by atoms with Crippen LogP contribution in [0.2, 0.25) is 0 Å². The van der Waals surface area contributed by atoms with Gasteiger partial charge >= 0.3 is 5.97 Å². The van der Waals surface area contributed by atoms with Crippen molar-refractivity contribution in [1.29, 1.82) is 0 Å². The average Bonchev–Trinajstić information content (AvgIpc) is 2.71. The number of aliphatic carboxylic acids is 1. The Morgan fingerprint density at radius 3 is 2.84 bits per heavy atom. The van der Waals surface area contributed by atoms with Crippen LogP contribution in [0.25, 0.3) is 11.1 Å². The van der Waals surface area contributed by atoms with Crippen molar-refractivity contribution in [3.63, 3.8) is 0 Å². The maximum absolute atomic E-state index is 10.7. The fourth-order valence-corrected chi connectivity index (χ4v) is 2.11. The van der Waals surface area contributed by atoms with Crippen molar-refractivity contribution in [2.24, 2.45) is 0 Å². The third-order valence-electron chi connectivity index (χ3n) is 3.12. The van der Waals surface area contributed by atoms with Gasteiger partial charge in [0.25, 0.3) is 0 Å². The third kappa shape index (κ3) is 2.76. The number of benzene rings is 1. The molecule has 19 heavy (non-hydrogen) atoms. The molecule has 0 radical (unpaired) electrons. The lowest BCUT2D eigenvalue weighted by molar-refractivity contribution is -0.136. The number of anilines is 1. The predicted molar refractivity (Wildman–Crippen MR) is 73.9 cm³/mol. The molecule has 1 aromatic carbocycles. The molecule has 5 nitrogen and oxygen atoms in total. The van der Waals surface area contributed by atoms with Crippen LogP contribution in [-0.2, 0) is 11.2 Å². The van der Waals surface area contributed by atoms with Crippen molar-refractivity contribution >= 4 is 11.8 Å². The summed E-state index contributed by atoms with van der Waals surface area (Å²) < 4.78 is 0. The van der Waals surface area contributed by atoms with E-state index in [4.69, 9.17) is 10.8 Å². The molecule has 0 fully saturated rings. The zero-order chi connectivity index (χ0) is 14.0. The van der Waals surface area contributed by atoms with Crippen LogP contribution in [0, 0.1) is 13.8 Å². The van der Waals surface area contributed by atoms with Gasteiger partial charge in [0.1, 0.15) is 0 Å². The number of nitrogens with one attached hydrogen (secondary N) is 1. The summed E-state index contributed by atoms with van der Waals surface area (Å²) in [6.07, 6.45) is 0.446. The zero-order valence-corrected chi connectivity index (χ0v) is 11.0. The number of aromatic amines is 1. The number of rotatable bonds is 4. The Labute approximate surface area is 111 Å². The number of nitrogen functional groups attached to an aromatic ring is 1. The van der Waals surface area contributed by atoms with Crippen molar-refractivity contribution in [2.75, 3.05) is 5.73 Å². The summed E-state index contributed by atoms with van der Waals surface area (Å²) >= 11 is 0. The topological polar surface area (TPSA) is 92.0 Å². The maximum Gasteiger partial charge on any atom is 0.303 e. The molecule has 0 amide bonds. The van der Waals surface area contributed by atoms with Gasteiger partial charge in [-0.25, -0.2) is 0 Å². The minimum Gasteiger partial charge on any atom is -0.481 e. The molecule has 5 heteroatoms. The number of carboxylic acids is 1. The molecular weight excluding hydrogens is 242 g/mol. The van der Waals surface area contributed by atoms with E-state index in [-0.39, 0.29) is 6.42 Å². The van der Waals surface area contributed by atoms with Crippen molar-refractivity contribution in [3.05, 3.63) is 35.0 Å². The number of carbonyl (C=O) groups is 1. The lowest BCUT2D eigenvalue weighted by Crippen LogP contribution is -2.00. The number of nitrogens with zero attached hydrogens (tertiary/aromatic N) is 1. The lowest BCUT2D eigenvalue weighted by atomic mass is 9.97. The van der Waals surface area contributed by atoms with Crippen molar-refractivity contribution in [1.82, 2.24) is 10.2 Å². The summed E-state index contributed by atoms with van der Waals surface area (Å²) in [6.45, 7) is 4.01. The summed E-state index contributed by atoms with van der Waals surface area (Å²) in [4.78, 5) is 10.7. The highest BCUT2D eigenvalue weighted by Gasteiger charge is 2.15. The normalized spacial score (nSPS) is 10.6. The van der Waals surface area contributed by atoms with Crippen LogP contribution in [0.4, 0.5) is 5.82 Å². The Morgan fingerprint density at radius 2 is 2.16 bits per heavy atom. The van der Waals surface area contributed by atoms with Crippen LogP contribution in [0.5, 0.6) is 0 Å². The number of hydrogen-bond acceptors (Lipinski definition) is 3. The van der Waals surface area contributed by atoms with Gasteiger partial charge in [0.15, 0.2) is 5.82 Å². The fourth-order valence-electron chi connectivity index (χ4n) is 2.11. The van der Waals surface area contributed by atoms with E-state index in [1.807, 2.05) is 32.0 Å². The second-order valence-corrected chi connectivity index (χ2v) is 4.67. The Bertz CT molecular complexity index is 617. The number of carboxylic acid groups (broad SMARTS) is 1. The molecule has 2 rings (SSSR count). The Hall–Kier alpha value is -2.30. The molecule has 100 valence electrons. The van der Waals surface area contributed by atoms with E-state index >= 15 is 0 Å². The van der Waals surface area contributed by atoms with E-state index in [0.29, 0.717) is 12.2 Å². The highest BCUT2D eigenvalue weighted by atomic mass is 16.4. The highest BCUT2D eigenvalue weighted by Crippen LogP contribution is 2.31. The summed E-state index contributed by atoms with van der Waals surface area (Å²) in [5.74, 6) is -0.422. The molecule has 2 aromatic rings. The highest BCUT2D eigenvalue weighted by molar-refractivity contribution is 5.79. The predicted octanol–water partition coefficient (Wildman–Crippen LogP) is 2.29. The van der Waals surface area contributed by atoms with Crippen molar-refractivity contribution in [3.8, 4) is 11.1 Å². The molecule has 1 heterocycles. The molecule has 0 unspecified atom stereocenters. The standard InChI is InChI=1S/C14H17N3O2/c1-8-3-4-9(2)10(7-8)13-11(5-6-12(18)19)16-17-14(13)15/h3-4,7H,5-6H2,1-2H3,(H,18,19)(H3,15,16,17). The summed E-state index contributed by atoms with van der Waals surface area (Å²) in [6, 6.07) is 6.10. The summed E-state index contributed by atoms with van der Waals surface area (Å²) in [5, 5.41) is 15.6. The molecular formula is C14H17N3O2. The summed E-state index contributed by atoms with van der Waals surface area (Å²) in [7, 11) is 0. The fraction of sp³-hybridized carbons (Fsp3) is 0.286. The molecule has 0 aliphatic heterocycles. The minimum absolute atomic E-state index is 0.0551. The van der Waals surface area contributed by atoms with E-state index in [0.717, 1.165) is 27.9 Å². The first kappa shape index (κ1) is 13.1. The first-order valence-corrected chi connectivity index (χ1v) is 6.11. The average molecular weight is 259 g/mol. The molecule has 0 bridgehead atoms. The van der Waals surface area contributed by atoms with E-state index in [9.17, 15) is 4.79 Å². The van der Waals surface area contributed by atoms with Gasteiger partial charge < -0.3 is 10.8 Å². The molecule has 4 N–H and O–H groups in total. The van der Waals surface area contributed by atoms with E-state index in [1.165, 1.54) is 0 Å². The lowest BCUT2D eigenvalue weighted by Gasteiger charge is -2.08. The molecule has 0 atom stereocenters. The number of H-pyrrole nitrogens is 1. The smallest absolute Gasteiger partial charge is 0.303 e.